The summed E-state index contributed by atoms with van der Waals surface area (Å²) in [6, 6.07) is 5.35. The minimum atomic E-state index is -0.972. The molecular formula is C26H38N5O5+. The molecule has 3 amide bonds. The summed E-state index contributed by atoms with van der Waals surface area (Å²) < 4.78 is 10.6. The van der Waals surface area contributed by atoms with Crippen LogP contribution in [0, 0.1) is 6.92 Å². The van der Waals surface area contributed by atoms with Crippen LogP contribution < -0.4 is 15.5 Å². The summed E-state index contributed by atoms with van der Waals surface area (Å²) in [7, 11) is 2.11. The third-order valence-electron chi connectivity index (χ3n) is 7.47. The van der Waals surface area contributed by atoms with Crippen molar-refractivity contribution >= 4 is 23.5 Å². The Morgan fingerprint density at radius 1 is 1.17 bits per heavy atom. The van der Waals surface area contributed by atoms with E-state index in [0.717, 1.165) is 38.8 Å². The predicted octanol–water partition coefficient (Wildman–Crippen LogP) is 1.82. The molecule has 1 saturated carbocycles. The predicted molar refractivity (Wildman–Crippen MR) is 132 cm³/mol. The molecule has 1 aliphatic carbocycles. The number of nitrogens with one attached hydrogen (secondary N) is 3. The van der Waals surface area contributed by atoms with Crippen molar-refractivity contribution in [2.45, 2.75) is 82.8 Å². The van der Waals surface area contributed by atoms with Gasteiger partial charge >= 0.3 is 0 Å². The Labute approximate surface area is 211 Å². The molecule has 0 bridgehead atoms. The molecule has 2 aromatic heterocycles. The SMILES string of the molecule is Cc1cc(NC(=O)CCC(=O)N(Cc2ccco2)C2(C(=O)NC3CCCCC3)CC[NH+](C)CC2)no1. The van der Waals surface area contributed by atoms with E-state index < -0.39 is 5.54 Å². The Hall–Kier alpha value is -3.14. The Morgan fingerprint density at radius 2 is 1.92 bits per heavy atom. The lowest BCUT2D eigenvalue weighted by Gasteiger charge is -2.46. The number of quaternary nitrogens is 1. The number of aromatic nitrogens is 1. The van der Waals surface area contributed by atoms with E-state index in [1.165, 1.54) is 11.3 Å². The number of furan rings is 1. The molecule has 196 valence electrons. The molecule has 0 radical (unpaired) electrons. The number of anilines is 1. The highest BCUT2D eigenvalue weighted by molar-refractivity contribution is 5.95. The van der Waals surface area contributed by atoms with Crippen LogP contribution >= 0.6 is 0 Å². The van der Waals surface area contributed by atoms with Crippen molar-refractivity contribution in [1.29, 1.82) is 0 Å². The quantitative estimate of drug-likeness (QED) is 0.483. The number of piperidine rings is 1. The second kappa shape index (κ2) is 11.7. The summed E-state index contributed by atoms with van der Waals surface area (Å²) in [4.78, 5) is 43.1. The summed E-state index contributed by atoms with van der Waals surface area (Å²) in [5, 5.41) is 9.72. The number of aryl methyl sites for hydroxylation is 1. The highest BCUT2D eigenvalue weighted by Gasteiger charge is 2.50. The number of rotatable bonds is 9. The van der Waals surface area contributed by atoms with E-state index in [1.807, 2.05) is 6.07 Å². The second-order valence-electron chi connectivity index (χ2n) is 10.2. The van der Waals surface area contributed by atoms with Crippen LogP contribution in [-0.2, 0) is 20.9 Å². The van der Waals surface area contributed by atoms with Gasteiger partial charge in [-0.05, 0) is 31.9 Å². The molecule has 2 aliphatic rings. The summed E-state index contributed by atoms with van der Waals surface area (Å²) in [5.41, 5.74) is -0.972. The van der Waals surface area contributed by atoms with Gasteiger partial charge in [-0.25, -0.2) is 0 Å². The molecule has 2 aromatic rings. The van der Waals surface area contributed by atoms with Crippen LogP contribution in [0.5, 0.6) is 0 Å². The summed E-state index contributed by atoms with van der Waals surface area (Å²) in [5.74, 6) is 0.867. The molecule has 4 rings (SSSR count). The Morgan fingerprint density at radius 3 is 2.56 bits per heavy atom. The largest absolute Gasteiger partial charge is 0.467 e. The fourth-order valence-electron chi connectivity index (χ4n) is 5.30. The minimum absolute atomic E-state index is 0.0229. The van der Waals surface area contributed by atoms with Crippen LogP contribution in [0.3, 0.4) is 0 Å². The first kappa shape index (κ1) is 25.9. The van der Waals surface area contributed by atoms with Gasteiger partial charge in [0.1, 0.15) is 17.1 Å². The first-order valence-corrected chi connectivity index (χ1v) is 13.0. The number of nitrogens with zero attached hydrogens (tertiary/aromatic N) is 2. The number of hydrogen-bond acceptors (Lipinski definition) is 6. The lowest BCUT2D eigenvalue weighted by molar-refractivity contribution is -0.886. The average molecular weight is 501 g/mol. The van der Waals surface area contributed by atoms with Crippen molar-refractivity contribution < 1.29 is 28.2 Å². The maximum Gasteiger partial charge on any atom is 0.246 e. The molecule has 2 fully saturated rings. The monoisotopic (exact) mass is 500 g/mol. The lowest BCUT2D eigenvalue weighted by Crippen LogP contribution is -3.11. The smallest absolute Gasteiger partial charge is 0.246 e. The average Bonchev–Trinajstić information content (AvgIpc) is 3.54. The molecule has 1 aliphatic heterocycles. The number of carbonyl (C=O) groups is 3. The maximum absolute atomic E-state index is 13.9. The van der Waals surface area contributed by atoms with Crippen molar-refractivity contribution in [1.82, 2.24) is 15.4 Å². The Kier molecular flexibility index (Phi) is 8.45. The third-order valence-corrected chi connectivity index (χ3v) is 7.47. The molecular weight excluding hydrogens is 462 g/mol. The molecule has 10 heteroatoms. The Bertz CT molecular complexity index is 1020. The third kappa shape index (κ3) is 6.34. The van der Waals surface area contributed by atoms with E-state index >= 15 is 0 Å². The van der Waals surface area contributed by atoms with E-state index in [4.69, 9.17) is 8.94 Å². The Balaban J connectivity index is 1.52. The fourth-order valence-corrected chi connectivity index (χ4v) is 5.30. The topological polar surface area (TPSA) is 122 Å². The van der Waals surface area contributed by atoms with Gasteiger partial charge in [-0.2, -0.15) is 0 Å². The van der Waals surface area contributed by atoms with Crippen molar-refractivity contribution in [3.05, 3.63) is 36.0 Å². The lowest BCUT2D eigenvalue weighted by atomic mass is 9.83. The molecule has 0 atom stereocenters. The molecule has 1 saturated heterocycles. The van der Waals surface area contributed by atoms with Gasteiger partial charge in [0.2, 0.25) is 17.7 Å². The molecule has 0 unspecified atom stereocenters. The molecule has 10 nitrogen and oxygen atoms in total. The van der Waals surface area contributed by atoms with Crippen LogP contribution in [0.25, 0.3) is 0 Å². The van der Waals surface area contributed by atoms with Gasteiger partial charge in [-0.3, -0.25) is 14.4 Å². The van der Waals surface area contributed by atoms with E-state index in [2.05, 4.69) is 22.8 Å². The zero-order valence-electron chi connectivity index (χ0n) is 21.3. The van der Waals surface area contributed by atoms with E-state index in [9.17, 15) is 14.4 Å². The van der Waals surface area contributed by atoms with Gasteiger partial charge < -0.3 is 29.4 Å². The van der Waals surface area contributed by atoms with Crippen molar-refractivity contribution in [3.63, 3.8) is 0 Å². The summed E-state index contributed by atoms with van der Waals surface area (Å²) in [6.07, 6.45) is 8.02. The highest BCUT2D eigenvalue weighted by atomic mass is 16.5. The summed E-state index contributed by atoms with van der Waals surface area (Å²) >= 11 is 0. The van der Waals surface area contributed by atoms with Gasteiger partial charge in [0.05, 0.1) is 32.9 Å². The van der Waals surface area contributed by atoms with Crippen molar-refractivity contribution in [2.75, 3.05) is 25.5 Å². The zero-order valence-corrected chi connectivity index (χ0v) is 21.3. The maximum atomic E-state index is 13.9. The van der Waals surface area contributed by atoms with Crippen LogP contribution in [0.2, 0.25) is 0 Å². The van der Waals surface area contributed by atoms with E-state index in [-0.39, 0.29) is 43.1 Å². The van der Waals surface area contributed by atoms with Crippen molar-refractivity contribution in [3.8, 4) is 0 Å². The zero-order chi connectivity index (χ0) is 25.5. The van der Waals surface area contributed by atoms with Gasteiger partial charge in [0, 0.05) is 37.8 Å². The number of hydrogen-bond donors (Lipinski definition) is 3. The summed E-state index contributed by atoms with van der Waals surface area (Å²) in [6.45, 7) is 3.49. The second-order valence-corrected chi connectivity index (χ2v) is 10.2. The number of amides is 3. The molecule has 0 aromatic carbocycles. The fraction of sp³-hybridized carbons (Fsp3) is 0.615. The highest BCUT2D eigenvalue weighted by Crippen LogP contribution is 2.30. The van der Waals surface area contributed by atoms with Crippen LogP contribution in [-0.4, -0.2) is 59.5 Å². The van der Waals surface area contributed by atoms with E-state index in [0.29, 0.717) is 30.2 Å². The standard InChI is InChI=1S/C26H37N5O5/c1-19-17-22(29-36-19)28-23(32)10-11-24(33)31(18-21-9-6-16-35-21)26(12-14-30(2)15-13-26)25(34)27-20-7-4-3-5-8-20/h6,9,16-17,20H,3-5,7-8,10-15,18H2,1-2H3,(H,27,34)(H,28,29,32)/p+1. The normalized spacial score (nSPS) is 22.7. The van der Waals surface area contributed by atoms with E-state index in [1.54, 1.807) is 30.2 Å². The van der Waals surface area contributed by atoms with Crippen LogP contribution in [0.4, 0.5) is 5.82 Å². The number of carbonyl (C=O) groups excluding carboxylic acids is 3. The first-order valence-electron chi connectivity index (χ1n) is 13.0. The molecule has 3 N–H and O–H groups in total. The van der Waals surface area contributed by atoms with Crippen molar-refractivity contribution in [2.24, 2.45) is 0 Å². The molecule has 36 heavy (non-hydrogen) atoms. The van der Waals surface area contributed by atoms with Gasteiger partial charge in [-0.1, -0.05) is 24.4 Å². The van der Waals surface area contributed by atoms with Gasteiger partial charge in [0.15, 0.2) is 5.82 Å². The van der Waals surface area contributed by atoms with Crippen LogP contribution in [0.1, 0.15) is 69.3 Å². The minimum Gasteiger partial charge on any atom is -0.467 e. The van der Waals surface area contributed by atoms with Crippen LogP contribution in [0.15, 0.2) is 33.4 Å². The van der Waals surface area contributed by atoms with Gasteiger partial charge in [-0.15, -0.1) is 0 Å². The molecule has 3 heterocycles. The first-order chi connectivity index (χ1) is 17.4. The molecule has 0 spiro atoms. The van der Waals surface area contributed by atoms with Gasteiger partial charge in [0.25, 0.3) is 0 Å². The number of likely N-dealkylation sites (tertiary alicyclic amines) is 1.